The SMILES string of the molecule is CC(C)NC(=O)C1(C(=O)NCc2ccccc2Cl)CC1. The lowest BCUT2D eigenvalue weighted by Gasteiger charge is -2.17. The third kappa shape index (κ3) is 3.12. The highest BCUT2D eigenvalue weighted by atomic mass is 35.5. The Kier molecular flexibility index (Phi) is 4.33. The summed E-state index contributed by atoms with van der Waals surface area (Å²) in [5.41, 5.74) is -0.0199. The Morgan fingerprint density at radius 1 is 1.25 bits per heavy atom. The van der Waals surface area contributed by atoms with E-state index in [4.69, 9.17) is 11.6 Å². The summed E-state index contributed by atoms with van der Waals surface area (Å²) in [6.45, 7) is 4.11. The van der Waals surface area contributed by atoms with Crippen molar-refractivity contribution in [3.05, 3.63) is 34.9 Å². The van der Waals surface area contributed by atoms with Crippen LogP contribution in [-0.4, -0.2) is 17.9 Å². The lowest BCUT2D eigenvalue weighted by atomic mass is 10.0. The summed E-state index contributed by atoms with van der Waals surface area (Å²) in [5, 5.41) is 6.24. The van der Waals surface area contributed by atoms with Crippen molar-refractivity contribution < 1.29 is 9.59 Å². The van der Waals surface area contributed by atoms with Gasteiger partial charge in [-0.25, -0.2) is 0 Å². The molecule has 1 aliphatic rings. The van der Waals surface area contributed by atoms with Gasteiger partial charge >= 0.3 is 0 Å². The number of nitrogens with one attached hydrogen (secondary N) is 2. The molecule has 5 heteroatoms. The Morgan fingerprint density at radius 2 is 1.90 bits per heavy atom. The van der Waals surface area contributed by atoms with E-state index < -0.39 is 5.41 Å². The fraction of sp³-hybridized carbons (Fsp3) is 0.467. The average molecular weight is 295 g/mol. The minimum Gasteiger partial charge on any atom is -0.353 e. The van der Waals surface area contributed by atoms with Crippen molar-refractivity contribution in [2.24, 2.45) is 5.41 Å². The molecule has 0 saturated heterocycles. The molecule has 2 rings (SSSR count). The molecule has 4 nitrogen and oxygen atoms in total. The molecule has 1 aromatic rings. The van der Waals surface area contributed by atoms with Gasteiger partial charge in [-0.1, -0.05) is 29.8 Å². The Balaban J connectivity index is 1.95. The van der Waals surface area contributed by atoms with Gasteiger partial charge in [-0.3, -0.25) is 9.59 Å². The van der Waals surface area contributed by atoms with Crippen LogP contribution in [-0.2, 0) is 16.1 Å². The normalized spacial score (nSPS) is 15.8. The number of benzene rings is 1. The van der Waals surface area contributed by atoms with Gasteiger partial charge in [0.05, 0.1) is 0 Å². The monoisotopic (exact) mass is 294 g/mol. The molecule has 108 valence electrons. The van der Waals surface area contributed by atoms with Crippen LogP contribution in [0.25, 0.3) is 0 Å². The zero-order valence-electron chi connectivity index (χ0n) is 11.7. The van der Waals surface area contributed by atoms with E-state index in [1.165, 1.54) is 0 Å². The van der Waals surface area contributed by atoms with Crippen LogP contribution in [0.2, 0.25) is 5.02 Å². The van der Waals surface area contributed by atoms with Crippen molar-refractivity contribution in [1.29, 1.82) is 0 Å². The number of carbonyl (C=O) groups is 2. The van der Waals surface area contributed by atoms with Gasteiger partial charge in [0.15, 0.2) is 0 Å². The predicted octanol–water partition coefficient (Wildman–Crippen LogP) is 2.26. The van der Waals surface area contributed by atoms with Gasteiger partial charge in [-0.2, -0.15) is 0 Å². The summed E-state index contributed by atoms with van der Waals surface area (Å²) >= 11 is 6.04. The van der Waals surface area contributed by atoms with Gasteiger partial charge in [0.1, 0.15) is 5.41 Å². The molecular formula is C15H19ClN2O2. The van der Waals surface area contributed by atoms with E-state index in [-0.39, 0.29) is 17.9 Å². The van der Waals surface area contributed by atoms with Crippen molar-refractivity contribution in [2.75, 3.05) is 0 Å². The first kappa shape index (κ1) is 14.9. The zero-order valence-corrected chi connectivity index (χ0v) is 12.5. The van der Waals surface area contributed by atoms with Crippen LogP contribution in [0, 0.1) is 5.41 Å². The van der Waals surface area contributed by atoms with E-state index in [0.717, 1.165) is 5.56 Å². The average Bonchev–Trinajstić information content (AvgIpc) is 3.18. The van der Waals surface area contributed by atoms with Crippen molar-refractivity contribution in [3.8, 4) is 0 Å². The molecule has 0 bridgehead atoms. The number of amides is 2. The number of hydrogen-bond acceptors (Lipinski definition) is 2. The number of halogens is 1. The Morgan fingerprint density at radius 3 is 2.45 bits per heavy atom. The molecule has 20 heavy (non-hydrogen) atoms. The first-order valence-corrected chi connectivity index (χ1v) is 7.16. The van der Waals surface area contributed by atoms with E-state index in [9.17, 15) is 9.59 Å². The summed E-state index contributed by atoms with van der Waals surface area (Å²) in [7, 11) is 0. The standard InChI is InChI=1S/C15H19ClN2O2/c1-10(2)18-14(20)15(7-8-15)13(19)17-9-11-5-3-4-6-12(11)16/h3-6,10H,7-9H2,1-2H3,(H,17,19)(H,18,20). The summed E-state index contributed by atoms with van der Waals surface area (Å²) in [4.78, 5) is 24.3. The van der Waals surface area contributed by atoms with Crippen LogP contribution >= 0.6 is 11.6 Å². The predicted molar refractivity (Wildman–Crippen MR) is 78.2 cm³/mol. The smallest absolute Gasteiger partial charge is 0.235 e. The van der Waals surface area contributed by atoms with E-state index in [1.807, 2.05) is 32.0 Å². The van der Waals surface area contributed by atoms with Gasteiger partial charge in [-0.15, -0.1) is 0 Å². The first-order valence-electron chi connectivity index (χ1n) is 6.78. The molecule has 0 radical (unpaired) electrons. The highest BCUT2D eigenvalue weighted by Gasteiger charge is 2.56. The van der Waals surface area contributed by atoms with Gasteiger partial charge in [0.2, 0.25) is 11.8 Å². The molecule has 0 aromatic heterocycles. The highest BCUT2D eigenvalue weighted by Crippen LogP contribution is 2.46. The minimum absolute atomic E-state index is 0.0383. The minimum atomic E-state index is -0.870. The molecule has 2 N–H and O–H groups in total. The number of carbonyl (C=O) groups excluding carboxylic acids is 2. The zero-order chi connectivity index (χ0) is 14.8. The molecule has 0 spiro atoms. The van der Waals surface area contributed by atoms with Crippen molar-refractivity contribution in [2.45, 2.75) is 39.3 Å². The molecule has 1 aromatic carbocycles. The second-order valence-electron chi connectivity index (χ2n) is 5.48. The maximum atomic E-state index is 12.2. The topological polar surface area (TPSA) is 58.2 Å². The van der Waals surface area contributed by atoms with Crippen LogP contribution in [0.15, 0.2) is 24.3 Å². The van der Waals surface area contributed by atoms with Gasteiger partial charge in [0, 0.05) is 17.6 Å². The third-order valence-electron chi connectivity index (χ3n) is 3.44. The van der Waals surface area contributed by atoms with Crippen LogP contribution in [0.5, 0.6) is 0 Å². The molecule has 1 saturated carbocycles. The Hall–Kier alpha value is -1.55. The van der Waals surface area contributed by atoms with Crippen molar-refractivity contribution in [1.82, 2.24) is 10.6 Å². The van der Waals surface area contributed by atoms with E-state index in [0.29, 0.717) is 24.4 Å². The highest BCUT2D eigenvalue weighted by molar-refractivity contribution is 6.31. The van der Waals surface area contributed by atoms with Crippen LogP contribution < -0.4 is 10.6 Å². The molecule has 0 unspecified atom stereocenters. The van der Waals surface area contributed by atoms with Gasteiger partial charge < -0.3 is 10.6 Å². The molecule has 1 aliphatic carbocycles. The summed E-state index contributed by atoms with van der Waals surface area (Å²) < 4.78 is 0. The molecule has 1 fully saturated rings. The number of hydrogen-bond donors (Lipinski definition) is 2. The van der Waals surface area contributed by atoms with Gasteiger partial charge in [-0.05, 0) is 38.3 Å². The van der Waals surface area contributed by atoms with Crippen LogP contribution in [0.1, 0.15) is 32.3 Å². The summed E-state index contributed by atoms with van der Waals surface area (Å²) in [5.74, 6) is -0.389. The number of rotatable bonds is 5. The molecule has 2 amide bonds. The van der Waals surface area contributed by atoms with E-state index in [2.05, 4.69) is 10.6 Å². The first-order chi connectivity index (χ1) is 9.45. The van der Waals surface area contributed by atoms with Crippen LogP contribution in [0.4, 0.5) is 0 Å². The van der Waals surface area contributed by atoms with E-state index >= 15 is 0 Å². The van der Waals surface area contributed by atoms with Crippen LogP contribution in [0.3, 0.4) is 0 Å². The summed E-state index contributed by atoms with van der Waals surface area (Å²) in [6.07, 6.45) is 1.22. The Labute approximate surface area is 123 Å². The van der Waals surface area contributed by atoms with Crippen molar-refractivity contribution >= 4 is 23.4 Å². The second kappa shape index (κ2) is 5.83. The quantitative estimate of drug-likeness (QED) is 0.819. The summed E-state index contributed by atoms with van der Waals surface area (Å²) in [6, 6.07) is 7.38. The molecule has 0 aliphatic heterocycles. The fourth-order valence-corrected chi connectivity index (χ4v) is 2.27. The van der Waals surface area contributed by atoms with Gasteiger partial charge in [0.25, 0.3) is 0 Å². The molecule has 0 heterocycles. The lowest BCUT2D eigenvalue weighted by molar-refractivity contribution is -0.137. The van der Waals surface area contributed by atoms with E-state index in [1.54, 1.807) is 6.07 Å². The second-order valence-corrected chi connectivity index (χ2v) is 5.89. The largest absolute Gasteiger partial charge is 0.353 e. The fourth-order valence-electron chi connectivity index (χ4n) is 2.07. The lowest BCUT2D eigenvalue weighted by Crippen LogP contribution is -2.44. The molecular weight excluding hydrogens is 276 g/mol. The maximum absolute atomic E-state index is 12.2. The Bertz CT molecular complexity index is 524. The maximum Gasteiger partial charge on any atom is 0.235 e. The molecule has 0 atom stereocenters. The third-order valence-corrected chi connectivity index (χ3v) is 3.81. The van der Waals surface area contributed by atoms with Crippen molar-refractivity contribution in [3.63, 3.8) is 0 Å².